The Morgan fingerprint density at radius 2 is 1.37 bits per heavy atom. The number of hydrogen-bond donors (Lipinski definition) is 0. The van der Waals surface area contributed by atoms with E-state index in [9.17, 15) is 0 Å². The molecule has 2 aliphatic carbocycles. The van der Waals surface area contributed by atoms with Crippen LogP contribution >= 0.6 is 0 Å². The first-order valence-corrected chi connectivity index (χ1v) is 11.4. The number of rotatable bonds is 5. The van der Waals surface area contributed by atoms with Crippen LogP contribution in [0.5, 0.6) is 5.75 Å². The van der Waals surface area contributed by atoms with E-state index in [0.717, 1.165) is 36.0 Å². The summed E-state index contributed by atoms with van der Waals surface area (Å²) in [6.45, 7) is 5.14. The fourth-order valence-electron chi connectivity index (χ4n) is 5.74. The molecule has 0 amide bonds. The van der Waals surface area contributed by atoms with Crippen molar-refractivity contribution in [2.45, 2.75) is 77.6 Å². The van der Waals surface area contributed by atoms with Crippen molar-refractivity contribution in [1.82, 2.24) is 0 Å². The van der Waals surface area contributed by atoms with Crippen LogP contribution in [0, 0.1) is 17.8 Å². The molecule has 1 heteroatoms. The first kappa shape index (κ1) is 18.8. The Bertz CT molecular complexity index is 733. The van der Waals surface area contributed by atoms with Gasteiger partial charge in [-0.3, -0.25) is 0 Å². The maximum Gasteiger partial charge on any atom is 0.119 e. The van der Waals surface area contributed by atoms with E-state index in [2.05, 4.69) is 43.3 Å². The van der Waals surface area contributed by atoms with Gasteiger partial charge in [0.15, 0.2) is 0 Å². The summed E-state index contributed by atoms with van der Waals surface area (Å²) in [7, 11) is 0. The summed E-state index contributed by atoms with van der Waals surface area (Å²) in [6, 6.07) is 13.6. The van der Waals surface area contributed by atoms with Gasteiger partial charge in [-0.1, -0.05) is 50.5 Å². The molecule has 0 heterocycles. The van der Waals surface area contributed by atoms with Gasteiger partial charge in [-0.25, -0.2) is 0 Å². The largest absolute Gasteiger partial charge is 0.494 e. The zero-order valence-corrected chi connectivity index (χ0v) is 17.3. The van der Waals surface area contributed by atoms with Crippen LogP contribution in [0.25, 0.3) is 10.8 Å². The molecule has 0 saturated heterocycles. The summed E-state index contributed by atoms with van der Waals surface area (Å²) >= 11 is 0. The van der Waals surface area contributed by atoms with Crippen LogP contribution in [0.2, 0.25) is 0 Å². The molecule has 2 aromatic carbocycles. The number of hydrogen-bond acceptors (Lipinski definition) is 1. The highest BCUT2D eigenvalue weighted by Gasteiger charge is 2.30. The summed E-state index contributed by atoms with van der Waals surface area (Å²) in [5.41, 5.74) is 1.56. The molecule has 27 heavy (non-hydrogen) atoms. The highest BCUT2D eigenvalue weighted by molar-refractivity contribution is 5.84. The van der Waals surface area contributed by atoms with Crippen LogP contribution in [0.1, 0.15) is 83.1 Å². The molecule has 0 spiro atoms. The number of ether oxygens (including phenoxy) is 1. The minimum Gasteiger partial charge on any atom is -0.494 e. The highest BCUT2D eigenvalue weighted by Crippen LogP contribution is 2.44. The van der Waals surface area contributed by atoms with Gasteiger partial charge in [0.2, 0.25) is 0 Å². The Hall–Kier alpha value is -1.50. The van der Waals surface area contributed by atoms with E-state index in [0.29, 0.717) is 0 Å². The summed E-state index contributed by atoms with van der Waals surface area (Å²) in [5.74, 6) is 4.81. The van der Waals surface area contributed by atoms with Crippen molar-refractivity contribution in [3.63, 3.8) is 0 Å². The maximum atomic E-state index is 5.64. The SMILES string of the molecule is CCOc1ccc2cc(C3CCC(C4CCC(CC)CC4)CC3)ccc2c1. The molecular formula is C26H36O. The molecule has 0 N–H and O–H groups in total. The van der Waals surface area contributed by atoms with Gasteiger partial charge < -0.3 is 4.74 Å². The topological polar surface area (TPSA) is 9.23 Å². The Kier molecular flexibility index (Phi) is 6.05. The lowest BCUT2D eigenvalue weighted by molar-refractivity contribution is 0.158. The first-order chi connectivity index (χ1) is 13.3. The predicted octanol–water partition coefficient (Wildman–Crippen LogP) is 7.73. The molecule has 0 aliphatic heterocycles. The van der Waals surface area contributed by atoms with E-state index < -0.39 is 0 Å². The lowest BCUT2D eigenvalue weighted by Crippen LogP contribution is -2.25. The molecule has 0 atom stereocenters. The first-order valence-electron chi connectivity index (χ1n) is 11.4. The average Bonchev–Trinajstić information content (AvgIpc) is 2.74. The van der Waals surface area contributed by atoms with Gasteiger partial charge >= 0.3 is 0 Å². The molecule has 2 aliphatic rings. The summed E-state index contributed by atoms with van der Waals surface area (Å²) in [4.78, 5) is 0. The zero-order valence-electron chi connectivity index (χ0n) is 17.3. The van der Waals surface area contributed by atoms with Crippen LogP contribution in [0.4, 0.5) is 0 Å². The molecule has 0 bridgehead atoms. The Morgan fingerprint density at radius 1 is 0.741 bits per heavy atom. The molecule has 0 unspecified atom stereocenters. The molecule has 146 valence electrons. The van der Waals surface area contributed by atoms with Crippen molar-refractivity contribution in [2.24, 2.45) is 17.8 Å². The lowest BCUT2D eigenvalue weighted by Gasteiger charge is -2.38. The average molecular weight is 365 g/mol. The second-order valence-electron chi connectivity index (χ2n) is 9.00. The molecule has 0 aromatic heterocycles. The highest BCUT2D eigenvalue weighted by atomic mass is 16.5. The molecule has 0 radical (unpaired) electrons. The van der Waals surface area contributed by atoms with Gasteiger partial charge in [0.1, 0.15) is 5.75 Å². The Balaban J connectivity index is 1.37. The third-order valence-corrected chi connectivity index (χ3v) is 7.53. The van der Waals surface area contributed by atoms with E-state index in [1.165, 1.54) is 68.6 Å². The van der Waals surface area contributed by atoms with Crippen molar-refractivity contribution in [1.29, 1.82) is 0 Å². The van der Waals surface area contributed by atoms with Crippen LogP contribution in [0.3, 0.4) is 0 Å². The number of fused-ring (bicyclic) bond motifs is 1. The normalized spacial score (nSPS) is 29.0. The molecule has 1 nitrogen and oxygen atoms in total. The van der Waals surface area contributed by atoms with E-state index in [1.54, 1.807) is 5.56 Å². The lowest BCUT2D eigenvalue weighted by atomic mass is 9.68. The monoisotopic (exact) mass is 364 g/mol. The van der Waals surface area contributed by atoms with Crippen molar-refractivity contribution in [2.75, 3.05) is 6.61 Å². The van der Waals surface area contributed by atoms with Crippen molar-refractivity contribution >= 4 is 10.8 Å². The van der Waals surface area contributed by atoms with Gasteiger partial charge in [0, 0.05) is 0 Å². The third kappa shape index (κ3) is 4.33. The van der Waals surface area contributed by atoms with Gasteiger partial charge in [-0.15, -0.1) is 0 Å². The van der Waals surface area contributed by atoms with Gasteiger partial charge in [-0.05, 0) is 97.6 Å². The summed E-state index contributed by atoms with van der Waals surface area (Å²) in [5, 5.41) is 2.65. The van der Waals surface area contributed by atoms with Crippen molar-refractivity contribution in [3.8, 4) is 5.75 Å². The number of benzene rings is 2. The maximum absolute atomic E-state index is 5.64. The van der Waals surface area contributed by atoms with E-state index >= 15 is 0 Å². The van der Waals surface area contributed by atoms with E-state index in [4.69, 9.17) is 4.74 Å². The van der Waals surface area contributed by atoms with Crippen LogP contribution in [-0.2, 0) is 0 Å². The summed E-state index contributed by atoms with van der Waals surface area (Å²) < 4.78 is 5.64. The second-order valence-corrected chi connectivity index (χ2v) is 9.00. The predicted molar refractivity (Wildman–Crippen MR) is 116 cm³/mol. The second kappa shape index (κ2) is 8.67. The molecular weight excluding hydrogens is 328 g/mol. The zero-order chi connectivity index (χ0) is 18.6. The van der Waals surface area contributed by atoms with Crippen LogP contribution in [-0.4, -0.2) is 6.61 Å². The standard InChI is InChI=1S/C26H36O/c1-3-19-5-7-20(8-6-19)21-9-11-22(12-10-21)23-13-14-25-18-26(27-4-2)16-15-24(25)17-23/h13-22H,3-12H2,1-2H3. The van der Waals surface area contributed by atoms with Crippen LogP contribution in [0.15, 0.2) is 36.4 Å². The Labute approximate surface area is 165 Å². The van der Waals surface area contributed by atoms with E-state index in [-0.39, 0.29) is 0 Å². The molecule has 2 aromatic rings. The fourth-order valence-corrected chi connectivity index (χ4v) is 5.74. The Morgan fingerprint density at radius 3 is 2.04 bits per heavy atom. The molecule has 2 saturated carbocycles. The van der Waals surface area contributed by atoms with Crippen LogP contribution < -0.4 is 4.74 Å². The molecule has 2 fully saturated rings. The third-order valence-electron chi connectivity index (χ3n) is 7.53. The van der Waals surface area contributed by atoms with Crippen molar-refractivity contribution < 1.29 is 4.74 Å². The summed E-state index contributed by atoms with van der Waals surface area (Å²) in [6.07, 6.45) is 13.1. The van der Waals surface area contributed by atoms with Gasteiger partial charge in [-0.2, -0.15) is 0 Å². The van der Waals surface area contributed by atoms with Crippen molar-refractivity contribution in [3.05, 3.63) is 42.0 Å². The molecule has 4 rings (SSSR count). The minimum atomic E-state index is 0.729. The van der Waals surface area contributed by atoms with Gasteiger partial charge in [0.25, 0.3) is 0 Å². The van der Waals surface area contributed by atoms with E-state index in [1.807, 2.05) is 6.92 Å². The smallest absolute Gasteiger partial charge is 0.119 e. The minimum absolute atomic E-state index is 0.729. The van der Waals surface area contributed by atoms with Gasteiger partial charge in [0.05, 0.1) is 6.61 Å². The fraction of sp³-hybridized carbons (Fsp3) is 0.615. The quantitative estimate of drug-likeness (QED) is 0.527.